The van der Waals surface area contributed by atoms with Gasteiger partial charge in [-0.1, -0.05) is 12.8 Å². The Morgan fingerprint density at radius 3 is 2.61 bits per heavy atom. The van der Waals surface area contributed by atoms with Gasteiger partial charge in [0.1, 0.15) is 0 Å². The van der Waals surface area contributed by atoms with Gasteiger partial charge in [0, 0.05) is 32.2 Å². The van der Waals surface area contributed by atoms with Gasteiger partial charge in [0.2, 0.25) is 0 Å². The number of nitrogens with zero attached hydrogens (tertiary/aromatic N) is 1. The summed E-state index contributed by atoms with van der Waals surface area (Å²) in [6.45, 7) is 7.27. The van der Waals surface area contributed by atoms with Crippen molar-refractivity contribution in [3.8, 4) is 0 Å². The lowest BCUT2D eigenvalue weighted by Crippen LogP contribution is -2.45. The van der Waals surface area contributed by atoms with Crippen LogP contribution in [0.25, 0.3) is 0 Å². The highest BCUT2D eigenvalue weighted by Gasteiger charge is 2.22. The van der Waals surface area contributed by atoms with E-state index in [2.05, 4.69) is 17.1 Å². The zero-order valence-corrected chi connectivity index (χ0v) is 11.6. The van der Waals surface area contributed by atoms with Crippen LogP contribution in [0.15, 0.2) is 0 Å². The van der Waals surface area contributed by atoms with Gasteiger partial charge >= 0.3 is 0 Å². The first-order chi connectivity index (χ1) is 8.75. The van der Waals surface area contributed by atoms with Crippen LogP contribution in [0.3, 0.4) is 0 Å². The molecule has 0 aromatic rings. The highest BCUT2D eigenvalue weighted by Crippen LogP contribution is 2.27. The van der Waals surface area contributed by atoms with Gasteiger partial charge in [0.25, 0.3) is 0 Å². The molecule has 18 heavy (non-hydrogen) atoms. The summed E-state index contributed by atoms with van der Waals surface area (Å²) in [5.74, 6) is 0.820. The lowest BCUT2D eigenvalue weighted by molar-refractivity contribution is 0.0142. The van der Waals surface area contributed by atoms with Crippen molar-refractivity contribution in [3.05, 3.63) is 0 Å². The molecular formula is C14H28N2O2. The molecule has 0 aromatic heterocycles. The van der Waals surface area contributed by atoms with Crippen molar-refractivity contribution in [1.29, 1.82) is 0 Å². The normalized spacial score (nSPS) is 26.3. The molecule has 2 unspecified atom stereocenters. The van der Waals surface area contributed by atoms with Gasteiger partial charge in [-0.3, -0.25) is 4.90 Å². The summed E-state index contributed by atoms with van der Waals surface area (Å²) in [5.41, 5.74) is 0. The Morgan fingerprint density at radius 2 is 1.94 bits per heavy atom. The monoisotopic (exact) mass is 256 g/mol. The van der Waals surface area contributed by atoms with E-state index in [1.807, 2.05) is 0 Å². The summed E-state index contributed by atoms with van der Waals surface area (Å²) in [6, 6.07) is 0.548. The SMILES string of the molecule is CC(NCC(O)CN1CCOCC1)C1CCCC1. The molecule has 2 N–H and O–H groups in total. The van der Waals surface area contributed by atoms with E-state index in [0.717, 1.165) is 45.3 Å². The van der Waals surface area contributed by atoms with Crippen molar-refractivity contribution in [2.24, 2.45) is 5.92 Å². The zero-order chi connectivity index (χ0) is 12.8. The highest BCUT2D eigenvalue weighted by atomic mass is 16.5. The fourth-order valence-corrected chi connectivity index (χ4v) is 3.09. The highest BCUT2D eigenvalue weighted by molar-refractivity contribution is 4.79. The average Bonchev–Trinajstić information content (AvgIpc) is 2.91. The van der Waals surface area contributed by atoms with Crippen LogP contribution in [-0.2, 0) is 4.74 Å². The quantitative estimate of drug-likeness (QED) is 0.739. The number of nitrogens with one attached hydrogen (secondary N) is 1. The fourth-order valence-electron chi connectivity index (χ4n) is 3.09. The molecule has 2 rings (SSSR count). The number of ether oxygens (including phenoxy) is 1. The Bertz CT molecular complexity index is 226. The number of aliphatic hydroxyl groups is 1. The summed E-state index contributed by atoms with van der Waals surface area (Å²) in [5, 5.41) is 13.6. The minimum absolute atomic E-state index is 0.257. The van der Waals surface area contributed by atoms with Crippen molar-refractivity contribution >= 4 is 0 Å². The molecule has 2 aliphatic rings. The minimum Gasteiger partial charge on any atom is -0.390 e. The second-order valence-electron chi connectivity index (χ2n) is 5.81. The van der Waals surface area contributed by atoms with Crippen LogP contribution in [0.1, 0.15) is 32.6 Å². The third-order valence-corrected chi connectivity index (χ3v) is 4.36. The van der Waals surface area contributed by atoms with Crippen LogP contribution in [0.4, 0.5) is 0 Å². The van der Waals surface area contributed by atoms with E-state index in [4.69, 9.17) is 4.74 Å². The third-order valence-electron chi connectivity index (χ3n) is 4.36. The molecule has 0 spiro atoms. The van der Waals surface area contributed by atoms with Crippen molar-refractivity contribution in [3.63, 3.8) is 0 Å². The molecular weight excluding hydrogens is 228 g/mol. The largest absolute Gasteiger partial charge is 0.390 e. The molecule has 4 heteroatoms. The summed E-state index contributed by atoms with van der Waals surface area (Å²) in [4.78, 5) is 2.29. The van der Waals surface area contributed by atoms with Crippen LogP contribution >= 0.6 is 0 Å². The lowest BCUT2D eigenvalue weighted by Gasteiger charge is -2.29. The first kappa shape index (κ1) is 14.3. The second-order valence-corrected chi connectivity index (χ2v) is 5.81. The van der Waals surface area contributed by atoms with Gasteiger partial charge in [0.05, 0.1) is 19.3 Å². The Kier molecular flexibility index (Phi) is 5.89. The van der Waals surface area contributed by atoms with Crippen LogP contribution in [0, 0.1) is 5.92 Å². The van der Waals surface area contributed by atoms with Crippen molar-refractivity contribution in [1.82, 2.24) is 10.2 Å². The average molecular weight is 256 g/mol. The fraction of sp³-hybridized carbons (Fsp3) is 1.00. The Hall–Kier alpha value is -0.160. The van der Waals surface area contributed by atoms with Gasteiger partial charge in [-0.15, -0.1) is 0 Å². The standard InChI is InChI=1S/C14H28N2O2/c1-12(13-4-2-3-5-13)15-10-14(17)11-16-6-8-18-9-7-16/h12-15,17H,2-11H2,1H3. The van der Waals surface area contributed by atoms with E-state index in [1.165, 1.54) is 25.7 Å². The summed E-state index contributed by atoms with van der Waals surface area (Å²) in [6.07, 6.45) is 5.22. The second kappa shape index (κ2) is 7.43. The number of hydrogen-bond acceptors (Lipinski definition) is 4. The number of aliphatic hydroxyl groups excluding tert-OH is 1. The Balaban J connectivity index is 1.59. The molecule has 1 saturated carbocycles. The van der Waals surface area contributed by atoms with Gasteiger partial charge in [-0.2, -0.15) is 0 Å². The summed E-state index contributed by atoms with van der Waals surface area (Å²) < 4.78 is 5.31. The summed E-state index contributed by atoms with van der Waals surface area (Å²) >= 11 is 0. The molecule has 106 valence electrons. The van der Waals surface area contributed by atoms with Crippen LogP contribution in [0.2, 0.25) is 0 Å². The van der Waals surface area contributed by atoms with Crippen molar-refractivity contribution in [2.75, 3.05) is 39.4 Å². The van der Waals surface area contributed by atoms with Crippen LogP contribution < -0.4 is 5.32 Å². The molecule has 4 nitrogen and oxygen atoms in total. The molecule has 0 aromatic carbocycles. The van der Waals surface area contributed by atoms with Gasteiger partial charge in [-0.05, 0) is 25.7 Å². The number of β-amino-alcohol motifs (C(OH)–C–C–N with tert-alkyl or cyclic N) is 1. The van der Waals surface area contributed by atoms with E-state index in [9.17, 15) is 5.11 Å². The molecule has 0 amide bonds. The molecule has 1 aliphatic carbocycles. The number of hydrogen-bond donors (Lipinski definition) is 2. The number of morpholine rings is 1. The van der Waals surface area contributed by atoms with E-state index in [-0.39, 0.29) is 6.10 Å². The van der Waals surface area contributed by atoms with Crippen molar-refractivity contribution in [2.45, 2.75) is 44.8 Å². The first-order valence-electron chi connectivity index (χ1n) is 7.47. The molecule has 1 aliphatic heterocycles. The van der Waals surface area contributed by atoms with Gasteiger partial charge < -0.3 is 15.2 Å². The smallest absolute Gasteiger partial charge is 0.0791 e. The third kappa shape index (κ3) is 4.50. The van der Waals surface area contributed by atoms with Crippen LogP contribution in [-0.4, -0.2) is 61.5 Å². The molecule has 2 atom stereocenters. The van der Waals surface area contributed by atoms with Gasteiger partial charge in [-0.25, -0.2) is 0 Å². The van der Waals surface area contributed by atoms with Gasteiger partial charge in [0.15, 0.2) is 0 Å². The Labute approximate surface area is 111 Å². The maximum absolute atomic E-state index is 10.0. The van der Waals surface area contributed by atoms with Crippen molar-refractivity contribution < 1.29 is 9.84 Å². The zero-order valence-electron chi connectivity index (χ0n) is 11.6. The van der Waals surface area contributed by atoms with Crippen LogP contribution in [0.5, 0.6) is 0 Å². The molecule has 1 saturated heterocycles. The maximum Gasteiger partial charge on any atom is 0.0791 e. The lowest BCUT2D eigenvalue weighted by atomic mass is 10.00. The maximum atomic E-state index is 10.0. The molecule has 0 radical (unpaired) electrons. The van der Waals surface area contributed by atoms with E-state index in [0.29, 0.717) is 6.04 Å². The molecule has 1 heterocycles. The first-order valence-corrected chi connectivity index (χ1v) is 7.47. The predicted molar refractivity (Wildman–Crippen MR) is 72.7 cm³/mol. The minimum atomic E-state index is -0.257. The number of rotatable bonds is 6. The van der Waals surface area contributed by atoms with E-state index < -0.39 is 0 Å². The molecule has 0 bridgehead atoms. The summed E-state index contributed by atoms with van der Waals surface area (Å²) in [7, 11) is 0. The van der Waals surface area contributed by atoms with E-state index >= 15 is 0 Å². The predicted octanol–water partition coefficient (Wildman–Crippen LogP) is 0.848. The Morgan fingerprint density at radius 1 is 1.28 bits per heavy atom. The molecule has 2 fully saturated rings. The van der Waals surface area contributed by atoms with E-state index in [1.54, 1.807) is 0 Å². The topological polar surface area (TPSA) is 44.7 Å².